The molecule has 0 aromatic carbocycles. The number of hydrogen-bond acceptors (Lipinski definition) is 4. The van der Waals surface area contributed by atoms with Gasteiger partial charge in [0.15, 0.2) is 0 Å². The van der Waals surface area contributed by atoms with Crippen LogP contribution in [-0.4, -0.2) is 18.9 Å². The molecule has 0 spiro atoms. The number of aromatic nitrogens is 3. The first-order chi connectivity index (χ1) is 4.20. The van der Waals surface area contributed by atoms with Crippen molar-refractivity contribution in [2.45, 2.75) is 0 Å². The minimum Gasteiger partial charge on any atom is -0.358 e. The average molecular weight is 193 g/mol. The monoisotopic (exact) mass is 192 g/mol. The van der Waals surface area contributed by atoms with E-state index in [9.17, 15) is 10.1 Å². The Balaban J connectivity index is 2.98. The highest BCUT2D eigenvalue weighted by molar-refractivity contribution is 9.08. The largest absolute Gasteiger partial charge is 0.411 e. The molecule has 9 heavy (non-hydrogen) atoms. The lowest BCUT2D eigenvalue weighted by molar-refractivity contribution is -0.389. The van der Waals surface area contributed by atoms with Gasteiger partial charge in [-0.3, -0.25) is 0 Å². The first-order valence-corrected chi connectivity index (χ1v) is 2.64. The van der Waals surface area contributed by atoms with Crippen LogP contribution in [-0.2, 0) is 0 Å². The Morgan fingerprint density at radius 3 is 2.78 bits per heavy atom. The summed E-state index contributed by atoms with van der Waals surface area (Å²) in [5, 5.41) is 16.3. The fourth-order valence-electron chi connectivity index (χ4n) is 0.319. The van der Waals surface area contributed by atoms with Crippen LogP contribution in [0.4, 0.5) is 5.82 Å². The Labute approximate surface area is 58.0 Å². The van der Waals surface area contributed by atoms with E-state index in [-0.39, 0.29) is 5.82 Å². The molecule has 0 fully saturated rings. The van der Waals surface area contributed by atoms with Crippen LogP contribution in [0.3, 0.4) is 0 Å². The number of halogens is 1. The molecule has 0 bridgehead atoms. The van der Waals surface area contributed by atoms with Crippen molar-refractivity contribution in [2.24, 2.45) is 0 Å². The van der Waals surface area contributed by atoms with Crippen LogP contribution in [0.5, 0.6) is 0 Å². The first kappa shape index (κ1) is 6.14. The van der Waals surface area contributed by atoms with Crippen LogP contribution < -0.4 is 0 Å². The molecule has 0 saturated carbocycles. The van der Waals surface area contributed by atoms with Crippen LogP contribution in [0, 0.1) is 10.1 Å². The minimum absolute atomic E-state index is 0.271. The standard InChI is InChI=1S/C2HBrN4O2/c3-6-1-2(4-5-6)7(8)9/h1H. The van der Waals surface area contributed by atoms with E-state index in [1.165, 1.54) is 0 Å². The number of hydrogen-bond donors (Lipinski definition) is 0. The van der Waals surface area contributed by atoms with Crippen molar-refractivity contribution in [1.82, 2.24) is 14.0 Å². The van der Waals surface area contributed by atoms with Crippen LogP contribution in [0.1, 0.15) is 0 Å². The summed E-state index contributed by atoms with van der Waals surface area (Å²) >= 11 is 2.84. The zero-order chi connectivity index (χ0) is 6.85. The normalized spacial score (nSPS) is 9.44. The summed E-state index contributed by atoms with van der Waals surface area (Å²) in [4.78, 5) is 9.26. The van der Waals surface area contributed by atoms with Gasteiger partial charge >= 0.3 is 5.82 Å². The van der Waals surface area contributed by atoms with Crippen molar-refractivity contribution in [3.63, 3.8) is 0 Å². The van der Waals surface area contributed by atoms with Gasteiger partial charge in [0.1, 0.15) is 11.3 Å². The van der Waals surface area contributed by atoms with E-state index >= 15 is 0 Å². The van der Waals surface area contributed by atoms with E-state index in [1.54, 1.807) is 0 Å². The first-order valence-electron chi connectivity index (χ1n) is 1.93. The number of nitrogens with zero attached hydrogens (tertiary/aromatic N) is 4. The van der Waals surface area contributed by atoms with Crippen molar-refractivity contribution in [3.05, 3.63) is 16.3 Å². The van der Waals surface area contributed by atoms with Gasteiger partial charge in [-0.1, -0.05) is 0 Å². The topological polar surface area (TPSA) is 73.8 Å². The molecule has 1 aromatic heterocycles. The summed E-state index contributed by atoms with van der Waals surface area (Å²) in [7, 11) is 0. The Morgan fingerprint density at radius 1 is 1.89 bits per heavy atom. The summed E-state index contributed by atoms with van der Waals surface area (Å²) < 4.78 is 1.09. The minimum atomic E-state index is -0.620. The molecule has 6 nitrogen and oxygen atoms in total. The molecule has 0 aliphatic carbocycles. The Kier molecular flexibility index (Phi) is 1.43. The third-order valence-corrected chi connectivity index (χ3v) is 0.988. The molecule has 1 heterocycles. The van der Waals surface area contributed by atoms with Crippen molar-refractivity contribution in [1.29, 1.82) is 0 Å². The van der Waals surface area contributed by atoms with Crippen LogP contribution in [0.2, 0.25) is 0 Å². The predicted molar refractivity (Wildman–Crippen MR) is 31.0 cm³/mol. The molecule has 0 amide bonds. The maximum atomic E-state index is 9.88. The molecular formula is C2HBrN4O2. The molecule has 7 heteroatoms. The molecule has 0 radical (unpaired) electrons. The van der Waals surface area contributed by atoms with E-state index < -0.39 is 4.92 Å². The van der Waals surface area contributed by atoms with Crippen LogP contribution in [0.25, 0.3) is 0 Å². The smallest absolute Gasteiger partial charge is 0.358 e. The maximum absolute atomic E-state index is 9.88. The van der Waals surface area contributed by atoms with Crippen molar-refractivity contribution in [3.8, 4) is 0 Å². The summed E-state index contributed by atoms with van der Waals surface area (Å²) in [6.07, 6.45) is 1.15. The third kappa shape index (κ3) is 1.22. The molecule has 48 valence electrons. The molecule has 1 rings (SSSR count). The lowest BCUT2D eigenvalue weighted by Crippen LogP contribution is -1.86. The zero-order valence-electron chi connectivity index (χ0n) is 4.06. The molecule has 1 aromatic rings. The molecule has 0 saturated heterocycles. The third-order valence-electron chi connectivity index (χ3n) is 0.642. The van der Waals surface area contributed by atoms with E-state index in [0.29, 0.717) is 0 Å². The zero-order valence-corrected chi connectivity index (χ0v) is 5.65. The van der Waals surface area contributed by atoms with Crippen molar-refractivity contribution >= 4 is 22.0 Å². The van der Waals surface area contributed by atoms with Gasteiger partial charge in [0.25, 0.3) is 0 Å². The molecule has 0 aliphatic rings. The Morgan fingerprint density at radius 2 is 2.56 bits per heavy atom. The van der Waals surface area contributed by atoms with Gasteiger partial charge in [0.05, 0.1) is 21.4 Å². The number of rotatable bonds is 1. The fourth-order valence-corrected chi connectivity index (χ4v) is 0.573. The van der Waals surface area contributed by atoms with E-state index in [1.807, 2.05) is 0 Å². The van der Waals surface area contributed by atoms with E-state index in [0.717, 1.165) is 9.90 Å². The van der Waals surface area contributed by atoms with E-state index in [4.69, 9.17) is 0 Å². The highest BCUT2D eigenvalue weighted by Crippen LogP contribution is 2.03. The van der Waals surface area contributed by atoms with Gasteiger partial charge in [0, 0.05) is 0 Å². The molecule has 0 aliphatic heterocycles. The van der Waals surface area contributed by atoms with Gasteiger partial charge < -0.3 is 10.1 Å². The summed E-state index contributed by atoms with van der Waals surface area (Å²) in [5.41, 5.74) is 0. The number of nitro groups is 1. The molecule has 0 atom stereocenters. The summed E-state index contributed by atoms with van der Waals surface area (Å²) in [6.45, 7) is 0. The second-order valence-corrected chi connectivity index (χ2v) is 1.95. The van der Waals surface area contributed by atoms with E-state index in [2.05, 4.69) is 26.5 Å². The molecular weight excluding hydrogens is 192 g/mol. The van der Waals surface area contributed by atoms with Gasteiger partial charge in [-0.25, -0.2) is 0 Å². The van der Waals surface area contributed by atoms with Gasteiger partial charge in [-0.2, -0.15) is 3.71 Å². The van der Waals surface area contributed by atoms with Gasteiger partial charge in [0.2, 0.25) is 0 Å². The average Bonchev–Trinajstić information content (AvgIpc) is 2.14. The molecule has 0 N–H and O–H groups in total. The van der Waals surface area contributed by atoms with Gasteiger partial charge in [-0.15, -0.1) is 0 Å². The van der Waals surface area contributed by atoms with Crippen LogP contribution in [0.15, 0.2) is 6.20 Å². The second-order valence-electron chi connectivity index (χ2n) is 1.22. The highest BCUT2D eigenvalue weighted by Gasteiger charge is 2.09. The summed E-state index contributed by atoms with van der Waals surface area (Å²) in [5.74, 6) is -0.271. The highest BCUT2D eigenvalue weighted by atomic mass is 79.9. The molecule has 0 unspecified atom stereocenters. The lowest BCUT2D eigenvalue weighted by Gasteiger charge is -1.80. The summed E-state index contributed by atoms with van der Waals surface area (Å²) in [6, 6.07) is 0. The second kappa shape index (κ2) is 2.09. The Bertz CT molecular complexity index is 232. The maximum Gasteiger partial charge on any atom is 0.411 e. The fraction of sp³-hybridized carbons (Fsp3) is 0. The SMILES string of the molecule is O=[N+]([O-])c1cn(Br)nn1. The van der Waals surface area contributed by atoms with Crippen molar-refractivity contribution < 1.29 is 4.92 Å². The lowest BCUT2D eigenvalue weighted by atomic mass is 10.8. The quantitative estimate of drug-likeness (QED) is 0.476. The Hall–Kier alpha value is -0.980. The van der Waals surface area contributed by atoms with Gasteiger partial charge in [-0.05, 0) is 4.92 Å². The van der Waals surface area contributed by atoms with Crippen molar-refractivity contribution in [2.75, 3.05) is 0 Å². The predicted octanol–water partition coefficient (Wildman–Crippen LogP) is 0.344. The van der Waals surface area contributed by atoms with Crippen LogP contribution >= 0.6 is 16.1 Å².